The van der Waals surface area contributed by atoms with Crippen LogP contribution < -0.4 is 29.0 Å². The second kappa shape index (κ2) is 11.3. The predicted octanol–water partition coefficient (Wildman–Crippen LogP) is 4.67. The predicted molar refractivity (Wildman–Crippen MR) is 143 cm³/mol. The lowest BCUT2D eigenvalue weighted by molar-refractivity contribution is -0.119. The topological polar surface area (TPSA) is 95.6 Å². The maximum atomic E-state index is 14.1. The summed E-state index contributed by atoms with van der Waals surface area (Å²) in [5.74, 6) is 1.04. The molecule has 0 radical (unpaired) electrons. The molecule has 9 heteroatoms. The minimum Gasteiger partial charge on any atom is -0.493 e. The van der Waals surface area contributed by atoms with E-state index in [2.05, 4.69) is 5.32 Å². The van der Waals surface area contributed by atoms with Gasteiger partial charge < -0.3 is 33.9 Å². The van der Waals surface area contributed by atoms with E-state index in [9.17, 15) is 9.59 Å². The van der Waals surface area contributed by atoms with Crippen LogP contribution in [0.5, 0.6) is 28.7 Å². The largest absolute Gasteiger partial charge is 0.493 e. The van der Waals surface area contributed by atoms with E-state index in [1.165, 1.54) is 14.2 Å². The molecule has 3 aromatic rings. The first kappa shape index (κ1) is 26.7. The molecule has 0 unspecified atom stereocenters. The van der Waals surface area contributed by atoms with Crippen molar-refractivity contribution in [2.45, 2.75) is 18.9 Å². The molecular formula is C29H32N2O7. The molecule has 9 nitrogen and oxygen atoms in total. The summed E-state index contributed by atoms with van der Waals surface area (Å²) in [4.78, 5) is 29.3. The van der Waals surface area contributed by atoms with Crippen LogP contribution in [-0.4, -0.2) is 58.8 Å². The van der Waals surface area contributed by atoms with Gasteiger partial charge in [0.15, 0.2) is 23.0 Å². The first-order chi connectivity index (χ1) is 18.4. The number of carbonyl (C=O) groups is 2. The molecule has 1 N–H and O–H groups in total. The number of ether oxygens (including phenoxy) is 5. The summed E-state index contributed by atoms with van der Waals surface area (Å²) in [5.41, 5.74) is 2.13. The minimum atomic E-state index is -0.805. The van der Waals surface area contributed by atoms with Gasteiger partial charge in [0, 0.05) is 12.6 Å². The number of para-hydroxylation sites is 2. The third-order valence-electron chi connectivity index (χ3n) is 6.65. The van der Waals surface area contributed by atoms with E-state index in [-0.39, 0.29) is 11.8 Å². The van der Waals surface area contributed by atoms with Crippen molar-refractivity contribution in [2.24, 2.45) is 0 Å². The highest BCUT2D eigenvalue weighted by Crippen LogP contribution is 2.47. The van der Waals surface area contributed by atoms with Gasteiger partial charge in [-0.1, -0.05) is 18.2 Å². The fourth-order valence-corrected chi connectivity index (χ4v) is 4.85. The molecule has 0 bridgehead atoms. The van der Waals surface area contributed by atoms with E-state index >= 15 is 0 Å². The number of likely N-dealkylation sites (N-methyl/N-ethyl adjacent to an activating group) is 1. The number of amides is 2. The van der Waals surface area contributed by atoms with Gasteiger partial charge in [-0.15, -0.1) is 0 Å². The molecule has 200 valence electrons. The maximum Gasteiger partial charge on any atom is 0.254 e. The summed E-state index contributed by atoms with van der Waals surface area (Å²) in [6, 6.07) is 15.3. The van der Waals surface area contributed by atoms with Crippen LogP contribution in [0.25, 0.3) is 0 Å². The molecule has 1 heterocycles. The average molecular weight is 521 g/mol. The highest BCUT2D eigenvalue weighted by atomic mass is 16.5. The molecule has 1 aliphatic rings. The molecule has 0 spiro atoms. The zero-order valence-electron chi connectivity index (χ0n) is 22.4. The monoisotopic (exact) mass is 520 g/mol. The number of hydrogen-bond acceptors (Lipinski definition) is 7. The van der Waals surface area contributed by atoms with Crippen LogP contribution in [-0.2, 0) is 4.79 Å². The van der Waals surface area contributed by atoms with Crippen LogP contribution in [0.1, 0.15) is 40.4 Å². The van der Waals surface area contributed by atoms with Crippen LogP contribution in [0.4, 0.5) is 5.69 Å². The second-order valence-electron chi connectivity index (χ2n) is 8.67. The van der Waals surface area contributed by atoms with Crippen molar-refractivity contribution in [3.8, 4) is 28.7 Å². The van der Waals surface area contributed by atoms with Gasteiger partial charge in [0.25, 0.3) is 5.91 Å². The summed E-state index contributed by atoms with van der Waals surface area (Å²) >= 11 is 0. The smallest absolute Gasteiger partial charge is 0.254 e. The molecule has 2 atom stereocenters. The Balaban J connectivity index is 1.90. The zero-order valence-corrected chi connectivity index (χ0v) is 22.4. The fourth-order valence-electron chi connectivity index (χ4n) is 4.85. The fraction of sp³-hybridized carbons (Fsp3) is 0.310. The normalized spacial score (nSPS) is 16.4. The van der Waals surface area contributed by atoms with Crippen LogP contribution in [0.15, 0.2) is 54.6 Å². The third-order valence-corrected chi connectivity index (χ3v) is 6.65. The van der Waals surface area contributed by atoms with Gasteiger partial charge >= 0.3 is 0 Å². The standard InChI is InChI=1S/C29H32N2O7/c1-7-38-21-11-9-8-10-20(21)30-28(32)26-18-15-24(36-5)25(37-6)16-19(18)29(33)31(2)27(26)17-12-13-22(34-3)23(14-17)35-4/h8-16,26-27H,7H2,1-6H3,(H,30,32)/t26-,27-/m1/s1. The maximum absolute atomic E-state index is 14.1. The number of fused-ring (bicyclic) bond motifs is 1. The van der Waals surface area contributed by atoms with Crippen molar-refractivity contribution < 1.29 is 33.3 Å². The van der Waals surface area contributed by atoms with E-state index in [1.54, 1.807) is 62.6 Å². The quantitative estimate of drug-likeness (QED) is 0.438. The summed E-state index contributed by atoms with van der Waals surface area (Å²) in [6.45, 7) is 2.32. The molecule has 0 saturated heterocycles. The van der Waals surface area contributed by atoms with Crippen molar-refractivity contribution in [3.05, 3.63) is 71.3 Å². The van der Waals surface area contributed by atoms with Crippen LogP contribution in [0.3, 0.4) is 0 Å². The first-order valence-corrected chi connectivity index (χ1v) is 12.2. The number of rotatable bonds is 9. The van der Waals surface area contributed by atoms with E-state index in [0.29, 0.717) is 57.7 Å². The van der Waals surface area contributed by atoms with Crippen LogP contribution in [0, 0.1) is 0 Å². The van der Waals surface area contributed by atoms with Gasteiger partial charge in [-0.25, -0.2) is 0 Å². The van der Waals surface area contributed by atoms with Crippen molar-refractivity contribution in [2.75, 3.05) is 47.4 Å². The Kier molecular flexibility index (Phi) is 7.95. The zero-order chi connectivity index (χ0) is 27.4. The van der Waals surface area contributed by atoms with E-state index in [4.69, 9.17) is 23.7 Å². The lowest BCUT2D eigenvalue weighted by Gasteiger charge is -2.40. The molecule has 0 aliphatic carbocycles. The molecule has 4 rings (SSSR count). The third kappa shape index (κ3) is 4.79. The number of benzene rings is 3. The van der Waals surface area contributed by atoms with E-state index in [0.717, 1.165) is 0 Å². The number of anilines is 1. The summed E-state index contributed by atoms with van der Waals surface area (Å²) < 4.78 is 27.6. The number of hydrogen-bond donors (Lipinski definition) is 1. The highest BCUT2D eigenvalue weighted by Gasteiger charge is 2.44. The molecular weight excluding hydrogens is 488 g/mol. The average Bonchev–Trinajstić information content (AvgIpc) is 2.94. The van der Waals surface area contributed by atoms with Gasteiger partial charge in [0.05, 0.1) is 52.7 Å². The van der Waals surface area contributed by atoms with Crippen molar-refractivity contribution in [1.82, 2.24) is 4.90 Å². The highest BCUT2D eigenvalue weighted by molar-refractivity contribution is 6.05. The Morgan fingerprint density at radius 1 is 0.842 bits per heavy atom. The first-order valence-electron chi connectivity index (χ1n) is 12.2. The molecule has 3 aromatic carbocycles. The number of carbonyl (C=O) groups excluding carboxylic acids is 2. The van der Waals surface area contributed by atoms with Crippen LogP contribution >= 0.6 is 0 Å². The Bertz CT molecular complexity index is 1340. The molecule has 0 aromatic heterocycles. The van der Waals surface area contributed by atoms with Crippen LogP contribution in [0.2, 0.25) is 0 Å². The number of methoxy groups -OCH3 is 4. The van der Waals surface area contributed by atoms with Gasteiger partial charge in [-0.2, -0.15) is 0 Å². The molecule has 1 aliphatic heterocycles. The molecule has 0 fully saturated rings. The molecule has 0 saturated carbocycles. The summed E-state index contributed by atoms with van der Waals surface area (Å²) in [6.07, 6.45) is 0. The Labute approximate surface area is 222 Å². The van der Waals surface area contributed by atoms with Crippen molar-refractivity contribution in [1.29, 1.82) is 0 Å². The minimum absolute atomic E-state index is 0.250. The van der Waals surface area contributed by atoms with E-state index < -0.39 is 12.0 Å². The summed E-state index contributed by atoms with van der Waals surface area (Å²) in [7, 11) is 7.79. The summed E-state index contributed by atoms with van der Waals surface area (Å²) in [5, 5.41) is 3.03. The molecule has 2 amide bonds. The lowest BCUT2D eigenvalue weighted by atomic mass is 9.79. The van der Waals surface area contributed by atoms with Gasteiger partial charge in [0.1, 0.15) is 5.75 Å². The van der Waals surface area contributed by atoms with Crippen molar-refractivity contribution >= 4 is 17.5 Å². The van der Waals surface area contributed by atoms with Gasteiger partial charge in [0.2, 0.25) is 5.91 Å². The molecule has 38 heavy (non-hydrogen) atoms. The Hall–Kier alpha value is -4.40. The Morgan fingerprint density at radius 2 is 1.47 bits per heavy atom. The van der Waals surface area contributed by atoms with E-state index in [1.807, 2.05) is 25.1 Å². The lowest BCUT2D eigenvalue weighted by Crippen LogP contribution is -2.44. The van der Waals surface area contributed by atoms with Crippen molar-refractivity contribution in [3.63, 3.8) is 0 Å². The van der Waals surface area contributed by atoms with Gasteiger partial charge in [-0.3, -0.25) is 9.59 Å². The SMILES string of the molecule is CCOc1ccccc1NC(=O)[C@@H]1c2cc(OC)c(OC)cc2C(=O)N(C)[C@@H]1c1ccc(OC)c(OC)c1. The number of nitrogens with zero attached hydrogens (tertiary/aromatic N) is 1. The Morgan fingerprint density at radius 3 is 2.13 bits per heavy atom. The van der Waals surface area contributed by atoms with Gasteiger partial charge in [-0.05, 0) is 54.4 Å². The number of nitrogens with one attached hydrogen (secondary N) is 1. The second-order valence-corrected chi connectivity index (χ2v) is 8.67.